The van der Waals surface area contributed by atoms with Crippen LogP contribution in [0.15, 0.2) is 34.6 Å². The zero-order valence-corrected chi connectivity index (χ0v) is 17.5. The highest BCUT2D eigenvalue weighted by molar-refractivity contribution is 7.09. The minimum atomic E-state index is -0.485. The van der Waals surface area contributed by atoms with Crippen LogP contribution in [0.25, 0.3) is 0 Å². The lowest BCUT2D eigenvalue weighted by Gasteiger charge is -2.11. The third kappa shape index (κ3) is 7.56. The van der Waals surface area contributed by atoms with Crippen molar-refractivity contribution in [3.05, 3.63) is 45.9 Å². The lowest BCUT2D eigenvalue weighted by atomic mass is 10.1. The van der Waals surface area contributed by atoms with Gasteiger partial charge >= 0.3 is 0 Å². The molecule has 28 heavy (non-hydrogen) atoms. The topological polar surface area (TPSA) is 102 Å². The molecule has 0 bridgehead atoms. The number of rotatable bonds is 10. The number of primary amides is 1. The fourth-order valence-electron chi connectivity index (χ4n) is 2.38. The van der Waals surface area contributed by atoms with Crippen molar-refractivity contribution in [2.75, 3.05) is 19.7 Å². The lowest BCUT2D eigenvalue weighted by molar-refractivity contribution is -0.119. The number of guanidine groups is 1. The zero-order chi connectivity index (χ0) is 20.4. The van der Waals surface area contributed by atoms with E-state index >= 15 is 0 Å². The average molecular weight is 404 g/mol. The summed E-state index contributed by atoms with van der Waals surface area (Å²) in [6.45, 7) is 8.34. The molecule has 1 aromatic heterocycles. The van der Waals surface area contributed by atoms with Crippen molar-refractivity contribution >= 4 is 23.2 Å². The summed E-state index contributed by atoms with van der Waals surface area (Å²) < 4.78 is 5.26. The van der Waals surface area contributed by atoms with Crippen molar-refractivity contribution in [1.29, 1.82) is 0 Å². The predicted molar refractivity (Wildman–Crippen MR) is 114 cm³/mol. The van der Waals surface area contributed by atoms with E-state index in [0.29, 0.717) is 18.2 Å². The molecule has 0 saturated carbocycles. The van der Waals surface area contributed by atoms with E-state index in [-0.39, 0.29) is 6.61 Å². The van der Waals surface area contributed by atoms with Crippen LogP contribution < -0.4 is 21.1 Å². The Balaban J connectivity index is 1.82. The van der Waals surface area contributed by atoms with Gasteiger partial charge in [0.25, 0.3) is 5.91 Å². The molecule has 0 unspecified atom stereocenters. The Morgan fingerprint density at radius 3 is 2.64 bits per heavy atom. The second kappa shape index (κ2) is 11.3. The Morgan fingerprint density at radius 2 is 2.04 bits per heavy atom. The molecule has 2 aromatic rings. The molecule has 0 radical (unpaired) electrons. The Labute approximate surface area is 170 Å². The van der Waals surface area contributed by atoms with Crippen LogP contribution >= 0.6 is 11.3 Å². The standard InChI is InChI=1S/C20H29N5O2S/c1-4-22-20(24-11-19-25-17(13-28-19)14(2)3)23-10-9-15-5-7-16(8-6-15)27-12-18(21)26/h5-8,13-14H,4,9-12H2,1-3H3,(H2,21,26)(H2,22,23,24). The maximum absolute atomic E-state index is 10.7. The van der Waals surface area contributed by atoms with Crippen LogP contribution in [0, 0.1) is 0 Å². The Hall–Kier alpha value is -2.61. The number of aliphatic imine (C=N–C) groups is 1. The van der Waals surface area contributed by atoms with Gasteiger partial charge in [0.1, 0.15) is 10.8 Å². The van der Waals surface area contributed by atoms with E-state index in [1.54, 1.807) is 11.3 Å². The monoisotopic (exact) mass is 403 g/mol. The first kappa shape index (κ1) is 21.7. The maximum Gasteiger partial charge on any atom is 0.255 e. The summed E-state index contributed by atoms with van der Waals surface area (Å²) in [6.07, 6.45) is 0.843. The van der Waals surface area contributed by atoms with Gasteiger partial charge < -0.3 is 21.1 Å². The molecule has 1 heterocycles. The number of carbonyl (C=O) groups is 1. The van der Waals surface area contributed by atoms with Crippen molar-refractivity contribution < 1.29 is 9.53 Å². The van der Waals surface area contributed by atoms with Gasteiger partial charge in [-0.3, -0.25) is 4.79 Å². The van der Waals surface area contributed by atoms with Gasteiger partial charge in [-0.1, -0.05) is 26.0 Å². The predicted octanol–water partition coefficient (Wildman–Crippen LogP) is 2.43. The summed E-state index contributed by atoms with van der Waals surface area (Å²) in [5, 5.41) is 9.73. The molecular weight excluding hydrogens is 374 g/mol. The number of nitrogens with one attached hydrogen (secondary N) is 2. The maximum atomic E-state index is 10.7. The van der Waals surface area contributed by atoms with Gasteiger partial charge in [0.15, 0.2) is 12.6 Å². The highest BCUT2D eigenvalue weighted by atomic mass is 32.1. The number of hydrogen-bond donors (Lipinski definition) is 3. The van der Waals surface area contributed by atoms with Crippen LogP contribution in [0.5, 0.6) is 5.75 Å². The normalized spacial score (nSPS) is 11.5. The minimum Gasteiger partial charge on any atom is -0.484 e. The number of hydrogen-bond acceptors (Lipinski definition) is 5. The van der Waals surface area contributed by atoms with Crippen molar-refractivity contribution in [3.63, 3.8) is 0 Å². The molecule has 0 aliphatic carbocycles. The molecule has 0 saturated heterocycles. The van der Waals surface area contributed by atoms with Gasteiger partial charge in [-0.25, -0.2) is 9.98 Å². The highest BCUT2D eigenvalue weighted by Gasteiger charge is 2.06. The van der Waals surface area contributed by atoms with Gasteiger partial charge in [0, 0.05) is 18.5 Å². The van der Waals surface area contributed by atoms with Gasteiger partial charge in [-0.2, -0.15) is 0 Å². The smallest absolute Gasteiger partial charge is 0.255 e. The molecule has 1 amide bonds. The fraction of sp³-hybridized carbons (Fsp3) is 0.450. The quantitative estimate of drug-likeness (QED) is 0.418. The minimum absolute atomic E-state index is 0.110. The summed E-state index contributed by atoms with van der Waals surface area (Å²) >= 11 is 1.65. The third-order valence-electron chi connectivity index (χ3n) is 3.89. The third-order valence-corrected chi connectivity index (χ3v) is 4.74. The first-order chi connectivity index (χ1) is 13.5. The number of ether oxygens (including phenoxy) is 1. The molecule has 152 valence electrons. The van der Waals surface area contributed by atoms with Crippen molar-refractivity contribution in [3.8, 4) is 5.75 Å². The molecule has 8 heteroatoms. The molecule has 0 aliphatic rings. The van der Waals surface area contributed by atoms with Crippen molar-refractivity contribution in [2.45, 2.75) is 39.7 Å². The molecule has 2 rings (SSSR count). The largest absolute Gasteiger partial charge is 0.484 e. The van der Waals surface area contributed by atoms with E-state index in [2.05, 4.69) is 39.8 Å². The van der Waals surface area contributed by atoms with E-state index in [9.17, 15) is 4.79 Å². The number of benzene rings is 1. The summed E-state index contributed by atoms with van der Waals surface area (Å²) in [7, 11) is 0. The van der Waals surface area contributed by atoms with Gasteiger partial charge in [-0.05, 0) is 37.0 Å². The Morgan fingerprint density at radius 1 is 1.29 bits per heavy atom. The second-order valence-electron chi connectivity index (χ2n) is 6.59. The number of carbonyl (C=O) groups excluding carboxylic acids is 1. The van der Waals surface area contributed by atoms with Crippen LogP contribution in [0.4, 0.5) is 0 Å². The average Bonchev–Trinajstić information content (AvgIpc) is 3.15. The van der Waals surface area contributed by atoms with Crippen LogP contribution in [0.1, 0.15) is 43.0 Å². The van der Waals surface area contributed by atoms with E-state index < -0.39 is 5.91 Å². The van der Waals surface area contributed by atoms with E-state index in [1.807, 2.05) is 31.2 Å². The summed E-state index contributed by atoms with van der Waals surface area (Å²) in [6, 6.07) is 7.63. The number of amides is 1. The Kier molecular flexibility index (Phi) is 8.74. The molecule has 1 aromatic carbocycles. The van der Waals surface area contributed by atoms with Gasteiger partial charge in [0.05, 0.1) is 12.2 Å². The highest BCUT2D eigenvalue weighted by Crippen LogP contribution is 2.18. The lowest BCUT2D eigenvalue weighted by Crippen LogP contribution is -2.38. The van der Waals surface area contributed by atoms with Gasteiger partial charge in [0.2, 0.25) is 0 Å². The second-order valence-corrected chi connectivity index (χ2v) is 7.53. The summed E-state index contributed by atoms with van der Waals surface area (Å²) in [4.78, 5) is 20.0. The number of nitrogens with zero attached hydrogens (tertiary/aromatic N) is 2. The SMILES string of the molecule is CCNC(=NCc1nc(C(C)C)cs1)NCCc1ccc(OCC(N)=O)cc1. The Bertz CT molecular complexity index is 771. The van der Waals surface area contributed by atoms with Crippen LogP contribution in [0.3, 0.4) is 0 Å². The number of nitrogens with two attached hydrogens (primary N) is 1. The first-order valence-corrected chi connectivity index (χ1v) is 10.3. The van der Waals surface area contributed by atoms with Crippen LogP contribution in [-0.4, -0.2) is 36.5 Å². The van der Waals surface area contributed by atoms with Crippen LogP contribution in [0.2, 0.25) is 0 Å². The van der Waals surface area contributed by atoms with Crippen molar-refractivity contribution in [1.82, 2.24) is 15.6 Å². The first-order valence-electron chi connectivity index (χ1n) is 9.44. The van der Waals surface area contributed by atoms with Gasteiger partial charge in [-0.15, -0.1) is 11.3 Å². The zero-order valence-electron chi connectivity index (χ0n) is 16.7. The molecule has 7 nitrogen and oxygen atoms in total. The van der Waals surface area contributed by atoms with E-state index in [1.165, 1.54) is 0 Å². The van der Waals surface area contributed by atoms with E-state index in [0.717, 1.165) is 41.7 Å². The molecule has 0 fully saturated rings. The molecular formula is C20H29N5O2S. The van der Waals surface area contributed by atoms with E-state index in [4.69, 9.17) is 10.5 Å². The number of thiazole rings is 1. The summed E-state index contributed by atoms with van der Waals surface area (Å²) in [5.74, 6) is 1.37. The molecule has 4 N–H and O–H groups in total. The van der Waals surface area contributed by atoms with Crippen molar-refractivity contribution in [2.24, 2.45) is 10.7 Å². The number of aromatic nitrogens is 1. The molecule has 0 spiro atoms. The molecule has 0 aliphatic heterocycles. The van der Waals surface area contributed by atoms with Crippen LogP contribution in [-0.2, 0) is 17.8 Å². The fourth-order valence-corrected chi connectivity index (χ4v) is 3.26. The summed E-state index contributed by atoms with van der Waals surface area (Å²) in [5.41, 5.74) is 7.36. The molecule has 0 atom stereocenters.